The number of alkyl halides is 1. The van der Waals surface area contributed by atoms with Crippen molar-refractivity contribution in [2.75, 3.05) is 0 Å². The molecule has 1 aliphatic carbocycles. The number of rotatable bonds is 3. The Morgan fingerprint density at radius 2 is 1.78 bits per heavy atom. The van der Waals surface area contributed by atoms with E-state index in [-0.39, 0.29) is 15.8 Å². The molecule has 1 aromatic carbocycles. The zero-order valence-electron chi connectivity index (χ0n) is 9.77. The van der Waals surface area contributed by atoms with Crippen LogP contribution >= 0.6 is 15.9 Å². The van der Waals surface area contributed by atoms with Crippen LogP contribution in [0, 0.1) is 5.82 Å². The monoisotopic (exact) mass is 335 g/mol. The summed E-state index contributed by atoms with van der Waals surface area (Å²) in [4.78, 5) is 0.274. The van der Waals surface area contributed by atoms with E-state index in [1.165, 1.54) is 12.1 Å². The van der Waals surface area contributed by atoms with E-state index in [4.69, 9.17) is 0 Å². The molecule has 1 fully saturated rings. The first-order chi connectivity index (χ1) is 8.49. The zero-order chi connectivity index (χ0) is 13.2. The number of sulfonamides is 1. The minimum Gasteiger partial charge on any atom is -0.207 e. The van der Waals surface area contributed by atoms with Crippen molar-refractivity contribution in [3.05, 3.63) is 30.1 Å². The van der Waals surface area contributed by atoms with E-state index in [2.05, 4.69) is 20.7 Å². The number of hydrogen-bond acceptors (Lipinski definition) is 2. The van der Waals surface area contributed by atoms with Gasteiger partial charge in [-0.1, -0.05) is 28.8 Å². The molecule has 2 unspecified atom stereocenters. The van der Waals surface area contributed by atoms with Crippen LogP contribution in [0.1, 0.15) is 25.7 Å². The molecular weight excluding hydrogens is 321 g/mol. The van der Waals surface area contributed by atoms with Crippen LogP contribution in [0.4, 0.5) is 4.39 Å². The van der Waals surface area contributed by atoms with Crippen LogP contribution in [0.25, 0.3) is 0 Å². The zero-order valence-corrected chi connectivity index (χ0v) is 12.2. The van der Waals surface area contributed by atoms with Crippen LogP contribution in [0.3, 0.4) is 0 Å². The Kier molecular flexibility index (Phi) is 4.40. The minimum absolute atomic E-state index is 0.0891. The van der Waals surface area contributed by atoms with Crippen molar-refractivity contribution in [2.24, 2.45) is 0 Å². The van der Waals surface area contributed by atoms with Gasteiger partial charge in [-0.3, -0.25) is 0 Å². The van der Waals surface area contributed by atoms with Crippen LogP contribution in [0.5, 0.6) is 0 Å². The molecule has 1 N–H and O–H groups in total. The van der Waals surface area contributed by atoms with Crippen molar-refractivity contribution in [3.63, 3.8) is 0 Å². The third-order valence-electron chi connectivity index (χ3n) is 3.11. The third kappa shape index (κ3) is 3.30. The summed E-state index contributed by atoms with van der Waals surface area (Å²) in [5.41, 5.74) is 0. The maximum absolute atomic E-state index is 12.8. The molecule has 0 heterocycles. The second-order valence-corrected chi connectivity index (χ2v) is 7.37. The van der Waals surface area contributed by atoms with Crippen molar-refractivity contribution >= 4 is 26.0 Å². The summed E-state index contributed by atoms with van der Waals surface area (Å²) in [6, 6.07) is 4.78. The summed E-state index contributed by atoms with van der Waals surface area (Å²) >= 11 is 3.50. The fourth-order valence-electron chi connectivity index (χ4n) is 2.10. The van der Waals surface area contributed by atoms with Crippen molar-refractivity contribution in [3.8, 4) is 0 Å². The maximum atomic E-state index is 12.8. The Hall–Kier alpha value is -0.460. The highest BCUT2D eigenvalue weighted by Gasteiger charge is 2.27. The summed E-state index contributed by atoms with van der Waals surface area (Å²) < 4.78 is 39.7. The van der Waals surface area contributed by atoms with E-state index < -0.39 is 15.8 Å². The largest absolute Gasteiger partial charge is 0.240 e. The summed E-state index contributed by atoms with van der Waals surface area (Å²) in [7, 11) is -3.56. The molecule has 0 aliphatic heterocycles. The molecular formula is C12H15BrFNO2S. The van der Waals surface area contributed by atoms with Crippen LogP contribution in [0.15, 0.2) is 29.2 Å². The molecule has 0 spiro atoms. The Morgan fingerprint density at radius 3 is 2.39 bits per heavy atom. The lowest BCUT2D eigenvalue weighted by Crippen LogP contribution is -2.42. The maximum Gasteiger partial charge on any atom is 0.240 e. The molecule has 2 atom stereocenters. The third-order valence-corrected chi connectivity index (χ3v) is 5.71. The van der Waals surface area contributed by atoms with Gasteiger partial charge in [0.1, 0.15) is 5.82 Å². The Labute approximate surface area is 115 Å². The van der Waals surface area contributed by atoms with Crippen molar-refractivity contribution in [1.29, 1.82) is 0 Å². The molecule has 0 bridgehead atoms. The lowest BCUT2D eigenvalue weighted by molar-refractivity contribution is 0.427. The van der Waals surface area contributed by atoms with Gasteiger partial charge < -0.3 is 0 Å². The van der Waals surface area contributed by atoms with E-state index in [0.717, 1.165) is 37.8 Å². The Balaban J connectivity index is 2.13. The smallest absolute Gasteiger partial charge is 0.207 e. The number of benzene rings is 1. The average Bonchev–Trinajstić information content (AvgIpc) is 2.32. The highest BCUT2D eigenvalue weighted by molar-refractivity contribution is 9.09. The number of hydrogen-bond donors (Lipinski definition) is 1. The first-order valence-corrected chi connectivity index (χ1v) is 8.31. The van der Waals surface area contributed by atoms with E-state index >= 15 is 0 Å². The predicted molar refractivity (Wildman–Crippen MR) is 71.7 cm³/mol. The highest BCUT2D eigenvalue weighted by Crippen LogP contribution is 2.25. The van der Waals surface area contributed by atoms with Crippen LogP contribution in [-0.4, -0.2) is 19.3 Å². The second kappa shape index (κ2) is 5.67. The molecule has 3 nitrogen and oxygen atoms in total. The summed E-state index contributed by atoms with van der Waals surface area (Å²) in [6.45, 7) is 0. The molecule has 0 saturated heterocycles. The van der Waals surface area contributed by atoms with Gasteiger partial charge in [0.25, 0.3) is 0 Å². The lowest BCUT2D eigenvalue weighted by Gasteiger charge is -2.27. The first kappa shape index (κ1) is 14.0. The van der Waals surface area contributed by atoms with Crippen molar-refractivity contribution < 1.29 is 12.8 Å². The quantitative estimate of drug-likeness (QED) is 0.863. The topological polar surface area (TPSA) is 46.2 Å². The molecule has 1 aromatic rings. The van der Waals surface area contributed by atoms with Gasteiger partial charge in [-0.05, 0) is 37.1 Å². The SMILES string of the molecule is O=S(=O)(NC1CCCCC1Br)c1ccc(F)cc1. The first-order valence-electron chi connectivity index (χ1n) is 5.91. The minimum atomic E-state index is -3.56. The van der Waals surface area contributed by atoms with Gasteiger partial charge >= 0.3 is 0 Å². The van der Waals surface area contributed by atoms with E-state index in [1.807, 2.05) is 0 Å². The van der Waals surface area contributed by atoms with Crippen LogP contribution < -0.4 is 4.72 Å². The van der Waals surface area contributed by atoms with Crippen molar-refractivity contribution in [1.82, 2.24) is 4.72 Å². The van der Waals surface area contributed by atoms with Crippen LogP contribution in [0.2, 0.25) is 0 Å². The molecule has 2 rings (SSSR count). The highest BCUT2D eigenvalue weighted by atomic mass is 79.9. The van der Waals surface area contributed by atoms with Gasteiger partial charge in [-0.15, -0.1) is 0 Å². The summed E-state index contributed by atoms with van der Waals surface area (Å²) in [6.07, 6.45) is 3.94. The summed E-state index contributed by atoms with van der Waals surface area (Å²) in [5, 5.41) is 0. The van der Waals surface area contributed by atoms with Gasteiger partial charge in [0.05, 0.1) is 4.90 Å². The van der Waals surface area contributed by atoms with Gasteiger partial charge in [0.15, 0.2) is 0 Å². The number of nitrogens with one attached hydrogen (secondary N) is 1. The van der Waals surface area contributed by atoms with Crippen LogP contribution in [-0.2, 0) is 10.0 Å². The van der Waals surface area contributed by atoms with E-state index in [9.17, 15) is 12.8 Å². The standard InChI is InChI=1S/C12H15BrFNO2S/c13-11-3-1-2-4-12(11)15-18(16,17)10-7-5-9(14)6-8-10/h5-8,11-12,15H,1-4H2. The fourth-order valence-corrected chi connectivity index (χ4v) is 4.31. The normalized spacial score (nSPS) is 25.0. The molecule has 0 radical (unpaired) electrons. The van der Waals surface area contributed by atoms with Gasteiger partial charge in [0, 0.05) is 10.9 Å². The fraction of sp³-hybridized carbons (Fsp3) is 0.500. The molecule has 18 heavy (non-hydrogen) atoms. The Morgan fingerprint density at radius 1 is 1.17 bits per heavy atom. The molecule has 1 saturated carbocycles. The van der Waals surface area contributed by atoms with E-state index in [1.54, 1.807) is 0 Å². The summed E-state index contributed by atoms with van der Waals surface area (Å²) in [5.74, 6) is -0.440. The lowest BCUT2D eigenvalue weighted by atomic mass is 9.96. The van der Waals surface area contributed by atoms with Gasteiger partial charge in [0.2, 0.25) is 10.0 Å². The molecule has 6 heteroatoms. The van der Waals surface area contributed by atoms with Gasteiger partial charge in [-0.2, -0.15) is 0 Å². The molecule has 100 valence electrons. The predicted octanol–water partition coefficient (Wildman–Crippen LogP) is 2.81. The molecule has 1 aliphatic rings. The number of halogens is 2. The Bertz CT molecular complexity index is 503. The molecule has 0 amide bonds. The molecule has 0 aromatic heterocycles. The van der Waals surface area contributed by atoms with E-state index in [0.29, 0.717) is 0 Å². The second-order valence-electron chi connectivity index (χ2n) is 4.48. The van der Waals surface area contributed by atoms with Crippen molar-refractivity contribution in [2.45, 2.75) is 41.4 Å². The average molecular weight is 336 g/mol. The van der Waals surface area contributed by atoms with Gasteiger partial charge in [-0.25, -0.2) is 17.5 Å².